The monoisotopic (exact) mass is 346 g/mol. The average molecular weight is 347 g/mol. The minimum absolute atomic E-state index is 0.0752. The Balaban J connectivity index is 1.94. The third-order valence-corrected chi connectivity index (χ3v) is 5.01. The Hall–Kier alpha value is -2.16. The van der Waals surface area contributed by atoms with E-state index < -0.39 is 0 Å². The molecule has 25 heavy (non-hydrogen) atoms. The molecule has 0 aliphatic rings. The highest BCUT2D eigenvalue weighted by Crippen LogP contribution is 2.32. The summed E-state index contributed by atoms with van der Waals surface area (Å²) in [5.74, 6) is 0. The van der Waals surface area contributed by atoms with Gasteiger partial charge in [0, 0.05) is 12.0 Å². The quantitative estimate of drug-likeness (QED) is 0.560. The Morgan fingerprint density at radius 3 is 1.16 bits per heavy atom. The van der Waals surface area contributed by atoms with E-state index >= 15 is 0 Å². The molecule has 0 radical (unpaired) electrons. The van der Waals surface area contributed by atoms with Crippen LogP contribution in [0.2, 0.25) is 0 Å². The van der Waals surface area contributed by atoms with E-state index in [0.29, 0.717) is 0 Å². The van der Waals surface area contributed by atoms with Crippen LogP contribution in [0.4, 0.5) is 0 Å². The van der Waals surface area contributed by atoms with Crippen molar-refractivity contribution in [2.24, 2.45) is 5.41 Å². The SMILES string of the molecule is [SiH3]OCC(Cc1ccccc1)(Cc1ccccc1)Cc1ccccc1. The maximum atomic E-state index is 5.86. The van der Waals surface area contributed by atoms with Gasteiger partial charge >= 0.3 is 0 Å². The molecule has 0 unspecified atom stereocenters. The second-order valence-corrected chi connectivity index (χ2v) is 7.50. The maximum Gasteiger partial charge on any atom is 0.145 e. The molecule has 0 amide bonds. The van der Waals surface area contributed by atoms with Gasteiger partial charge in [-0.3, -0.25) is 0 Å². The van der Waals surface area contributed by atoms with Crippen LogP contribution in [0.5, 0.6) is 0 Å². The van der Waals surface area contributed by atoms with Crippen LogP contribution >= 0.6 is 0 Å². The fourth-order valence-corrected chi connectivity index (χ4v) is 4.35. The molecule has 0 N–H and O–H groups in total. The van der Waals surface area contributed by atoms with Crippen LogP contribution in [0.1, 0.15) is 16.7 Å². The molecule has 128 valence electrons. The summed E-state index contributed by atoms with van der Waals surface area (Å²) in [6, 6.07) is 32.5. The summed E-state index contributed by atoms with van der Waals surface area (Å²) >= 11 is 0. The largest absolute Gasteiger partial charge is 0.427 e. The van der Waals surface area contributed by atoms with Gasteiger partial charge < -0.3 is 4.43 Å². The third kappa shape index (κ3) is 5.15. The van der Waals surface area contributed by atoms with Crippen LogP contribution in [0.3, 0.4) is 0 Å². The van der Waals surface area contributed by atoms with Crippen LogP contribution < -0.4 is 0 Å². The molecule has 0 bridgehead atoms. The fraction of sp³-hybridized carbons (Fsp3) is 0.217. The summed E-state index contributed by atoms with van der Waals surface area (Å²) in [6.07, 6.45) is 3.08. The van der Waals surface area contributed by atoms with Crippen LogP contribution in [-0.4, -0.2) is 17.1 Å². The van der Waals surface area contributed by atoms with Gasteiger partial charge in [-0.25, -0.2) is 0 Å². The predicted molar refractivity (Wildman–Crippen MR) is 109 cm³/mol. The molecule has 0 saturated heterocycles. The van der Waals surface area contributed by atoms with Crippen molar-refractivity contribution >= 4 is 10.5 Å². The topological polar surface area (TPSA) is 9.23 Å². The maximum absolute atomic E-state index is 5.86. The Morgan fingerprint density at radius 1 is 0.560 bits per heavy atom. The molecule has 2 heteroatoms. The van der Waals surface area contributed by atoms with Crippen LogP contribution in [-0.2, 0) is 23.7 Å². The molecule has 0 saturated carbocycles. The summed E-state index contributed by atoms with van der Waals surface area (Å²) in [5, 5.41) is 0. The van der Waals surface area contributed by atoms with E-state index in [4.69, 9.17) is 4.43 Å². The van der Waals surface area contributed by atoms with Crippen molar-refractivity contribution in [3.05, 3.63) is 108 Å². The van der Waals surface area contributed by atoms with Gasteiger partial charge in [0.25, 0.3) is 0 Å². The van der Waals surface area contributed by atoms with E-state index in [-0.39, 0.29) is 5.41 Å². The number of hydrogen-bond donors (Lipinski definition) is 0. The van der Waals surface area contributed by atoms with Crippen molar-refractivity contribution in [1.82, 2.24) is 0 Å². The zero-order chi connectivity index (χ0) is 17.4. The molecule has 0 heterocycles. The summed E-state index contributed by atoms with van der Waals surface area (Å²) in [6.45, 7) is 0.803. The van der Waals surface area contributed by atoms with Gasteiger partial charge in [-0.05, 0) is 36.0 Å². The van der Waals surface area contributed by atoms with Gasteiger partial charge in [0.15, 0.2) is 0 Å². The Bertz CT molecular complexity index is 639. The molecule has 0 aromatic heterocycles. The summed E-state index contributed by atoms with van der Waals surface area (Å²) < 4.78 is 5.86. The fourth-order valence-electron chi connectivity index (χ4n) is 3.73. The van der Waals surface area contributed by atoms with E-state index in [1.807, 2.05) is 0 Å². The van der Waals surface area contributed by atoms with Crippen LogP contribution in [0, 0.1) is 5.41 Å². The Kier molecular flexibility index (Phi) is 6.21. The molecule has 0 fully saturated rings. The molecule has 3 aromatic rings. The number of hydrogen-bond acceptors (Lipinski definition) is 1. The normalized spacial score (nSPS) is 11.5. The highest BCUT2D eigenvalue weighted by molar-refractivity contribution is 5.97. The summed E-state index contributed by atoms with van der Waals surface area (Å²) in [7, 11) is 0.771. The Morgan fingerprint density at radius 2 is 0.880 bits per heavy atom. The van der Waals surface area contributed by atoms with E-state index in [1.165, 1.54) is 16.7 Å². The summed E-state index contributed by atoms with van der Waals surface area (Å²) in [5.41, 5.74) is 4.22. The number of benzene rings is 3. The summed E-state index contributed by atoms with van der Waals surface area (Å²) in [4.78, 5) is 0. The minimum Gasteiger partial charge on any atom is -0.427 e. The van der Waals surface area contributed by atoms with E-state index in [9.17, 15) is 0 Å². The molecule has 1 nitrogen and oxygen atoms in total. The lowest BCUT2D eigenvalue weighted by Crippen LogP contribution is -2.34. The van der Waals surface area contributed by atoms with Crippen molar-refractivity contribution in [3.8, 4) is 0 Å². The second kappa shape index (κ2) is 8.79. The van der Waals surface area contributed by atoms with Crippen LogP contribution in [0.25, 0.3) is 0 Å². The van der Waals surface area contributed by atoms with Gasteiger partial charge in [-0.1, -0.05) is 91.0 Å². The molecular weight excluding hydrogens is 320 g/mol. The van der Waals surface area contributed by atoms with Gasteiger partial charge in [0.05, 0.1) is 0 Å². The van der Waals surface area contributed by atoms with E-state index in [2.05, 4.69) is 91.0 Å². The molecule has 0 aliphatic heterocycles. The molecule has 0 spiro atoms. The lowest BCUT2D eigenvalue weighted by Gasteiger charge is -2.34. The Labute approximate surface area is 154 Å². The first-order chi connectivity index (χ1) is 12.3. The predicted octanol–water partition coefficient (Wildman–Crippen LogP) is 4.00. The second-order valence-electron chi connectivity index (χ2n) is 6.92. The van der Waals surface area contributed by atoms with Crippen LogP contribution in [0.15, 0.2) is 91.0 Å². The van der Waals surface area contributed by atoms with Crippen molar-refractivity contribution < 1.29 is 4.43 Å². The first-order valence-electron chi connectivity index (χ1n) is 8.90. The molecule has 3 aromatic carbocycles. The lowest BCUT2D eigenvalue weighted by atomic mass is 9.73. The van der Waals surface area contributed by atoms with E-state index in [1.54, 1.807) is 0 Å². The standard InChI is InChI=1S/C23H26OSi/c25-24-19-23(16-20-10-4-1-5-11-20,17-21-12-6-2-7-13-21)18-22-14-8-3-9-15-22/h1-15H,16-19H2,25H3. The molecule has 3 rings (SSSR count). The highest BCUT2D eigenvalue weighted by atomic mass is 28.2. The van der Waals surface area contributed by atoms with Crippen molar-refractivity contribution in [1.29, 1.82) is 0 Å². The van der Waals surface area contributed by atoms with Crippen molar-refractivity contribution in [2.45, 2.75) is 19.3 Å². The first kappa shape index (κ1) is 17.7. The number of rotatable bonds is 8. The van der Waals surface area contributed by atoms with E-state index in [0.717, 1.165) is 36.4 Å². The average Bonchev–Trinajstić information content (AvgIpc) is 2.64. The lowest BCUT2D eigenvalue weighted by molar-refractivity contribution is 0.150. The first-order valence-corrected chi connectivity index (χ1v) is 9.72. The molecular formula is C23H26OSi. The van der Waals surface area contributed by atoms with Gasteiger partial charge in [0.2, 0.25) is 0 Å². The van der Waals surface area contributed by atoms with Crippen molar-refractivity contribution in [3.63, 3.8) is 0 Å². The van der Waals surface area contributed by atoms with Gasteiger partial charge in [0.1, 0.15) is 10.5 Å². The van der Waals surface area contributed by atoms with Gasteiger partial charge in [-0.2, -0.15) is 0 Å². The minimum atomic E-state index is 0.0752. The zero-order valence-electron chi connectivity index (χ0n) is 14.9. The van der Waals surface area contributed by atoms with Crippen molar-refractivity contribution in [2.75, 3.05) is 6.61 Å². The zero-order valence-corrected chi connectivity index (χ0v) is 16.9. The smallest absolute Gasteiger partial charge is 0.145 e. The molecule has 0 atom stereocenters. The third-order valence-electron chi connectivity index (χ3n) is 4.72. The molecule has 0 aliphatic carbocycles. The highest BCUT2D eigenvalue weighted by Gasteiger charge is 2.31. The van der Waals surface area contributed by atoms with Gasteiger partial charge in [-0.15, -0.1) is 0 Å².